The smallest absolute Gasteiger partial charge is 0.308 e. The predicted molar refractivity (Wildman–Crippen MR) is 68.1 cm³/mol. The van der Waals surface area contributed by atoms with Crippen LogP contribution in [-0.2, 0) is 20.8 Å². The fraction of sp³-hybridized carbons (Fsp3) is 0.583. The van der Waals surface area contributed by atoms with Gasteiger partial charge in [-0.3, -0.25) is 9.69 Å². The van der Waals surface area contributed by atoms with E-state index in [1.165, 1.54) is 7.11 Å². The first-order chi connectivity index (χ1) is 8.67. The van der Waals surface area contributed by atoms with Crippen LogP contribution in [0.1, 0.15) is 12.2 Å². The van der Waals surface area contributed by atoms with E-state index in [-0.39, 0.29) is 12.1 Å². The topological polar surface area (TPSA) is 51.9 Å². The van der Waals surface area contributed by atoms with Gasteiger partial charge in [0.15, 0.2) is 4.67 Å². The Bertz CT molecular complexity index is 407. The monoisotopic (exact) mass is 317 g/mol. The molecule has 5 nitrogen and oxygen atoms in total. The molecular formula is C12H16BrNO4. The van der Waals surface area contributed by atoms with E-state index in [4.69, 9.17) is 9.15 Å². The van der Waals surface area contributed by atoms with Crippen molar-refractivity contribution >= 4 is 21.9 Å². The Morgan fingerprint density at radius 1 is 1.61 bits per heavy atom. The molecule has 1 aliphatic rings. The molecule has 0 amide bonds. The number of halogens is 1. The van der Waals surface area contributed by atoms with Crippen LogP contribution in [0, 0.1) is 0 Å². The number of nitrogens with zero attached hydrogens (tertiary/aromatic N) is 1. The minimum absolute atomic E-state index is 0.0930. The highest BCUT2D eigenvalue weighted by Crippen LogP contribution is 2.17. The second-order valence-electron chi connectivity index (χ2n) is 4.21. The third-order valence-corrected chi connectivity index (χ3v) is 3.28. The van der Waals surface area contributed by atoms with Crippen molar-refractivity contribution in [1.29, 1.82) is 0 Å². The van der Waals surface area contributed by atoms with Crippen molar-refractivity contribution in [3.05, 3.63) is 22.6 Å². The molecule has 1 aromatic heterocycles. The maximum atomic E-state index is 11.2. The first-order valence-electron chi connectivity index (χ1n) is 5.82. The van der Waals surface area contributed by atoms with Crippen molar-refractivity contribution in [2.45, 2.75) is 19.1 Å². The van der Waals surface area contributed by atoms with Gasteiger partial charge in [-0.05, 0) is 28.1 Å². The van der Waals surface area contributed by atoms with Crippen LogP contribution in [0.4, 0.5) is 0 Å². The van der Waals surface area contributed by atoms with Crippen LogP contribution in [-0.4, -0.2) is 43.8 Å². The summed E-state index contributed by atoms with van der Waals surface area (Å²) in [5, 5.41) is 0. The van der Waals surface area contributed by atoms with Crippen LogP contribution in [0.3, 0.4) is 0 Å². The summed E-state index contributed by atoms with van der Waals surface area (Å²) in [6.45, 7) is 2.92. The SMILES string of the molecule is COC(=O)CC1CN(Cc2ccc(Br)o2)CCO1. The number of furan rings is 1. The number of morpholine rings is 1. The summed E-state index contributed by atoms with van der Waals surface area (Å²) in [4.78, 5) is 13.4. The van der Waals surface area contributed by atoms with Gasteiger partial charge in [-0.15, -0.1) is 0 Å². The number of carbonyl (C=O) groups is 1. The van der Waals surface area contributed by atoms with Crippen LogP contribution in [0.5, 0.6) is 0 Å². The lowest BCUT2D eigenvalue weighted by Crippen LogP contribution is -2.42. The normalized spacial score (nSPS) is 20.9. The predicted octanol–water partition coefficient (Wildman–Crippen LogP) is 1.81. The summed E-state index contributed by atoms with van der Waals surface area (Å²) < 4.78 is 16.4. The zero-order valence-electron chi connectivity index (χ0n) is 10.2. The Balaban J connectivity index is 1.84. The van der Waals surface area contributed by atoms with E-state index in [9.17, 15) is 4.79 Å². The number of hydrogen-bond donors (Lipinski definition) is 0. The summed E-state index contributed by atoms with van der Waals surface area (Å²) >= 11 is 3.28. The molecule has 0 aromatic carbocycles. The second kappa shape index (κ2) is 6.36. The van der Waals surface area contributed by atoms with Gasteiger partial charge in [0.05, 0.1) is 32.8 Å². The lowest BCUT2D eigenvalue weighted by atomic mass is 10.2. The Labute approximate surface area is 114 Å². The summed E-state index contributed by atoms with van der Waals surface area (Å²) in [6.07, 6.45) is 0.207. The average molecular weight is 318 g/mol. The molecule has 0 spiro atoms. The number of rotatable bonds is 4. The minimum Gasteiger partial charge on any atom is -0.469 e. The first-order valence-corrected chi connectivity index (χ1v) is 6.61. The van der Waals surface area contributed by atoms with Crippen molar-refractivity contribution in [3.8, 4) is 0 Å². The summed E-state index contributed by atoms with van der Waals surface area (Å²) in [6, 6.07) is 3.82. The molecule has 1 aliphatic heterocycles. The van der Waals surface area contributed by atoms with Gasteiger partial charge < -0.3 is 13.9 Å². The van der Waals surface area contributed by atoms with E-state index >= 15 is 0 Å². The van der Waals surface area contributed by atoms with Crippen molar-refractivity contribution in [2.75, 3.05) is 26.8 Å². The van der Waals surface area contributed by atoms with E-state index in [0.29, 0.717) is 19.6 Å². The molecule has 0 saturated carbocycles. The van der Waals surface area contributed by atoms with Gasteiger partial charge in [-0.2, -0.15) is 0 Å². The summed E-state index contributed by atoms with van der Waals surface area (Å²) in [7, 11) is 1.39. The quantitative estimate of drug-likeness (QED) is 0.793. The third-order valence-electron chi connectivity index (χ3n) is 2.85. The van der Waals surface area contributed by atoms with Gasteiger partial charge in [0.1, 0.15) is 5.76 Å². The zero-order chi connectivity index (χ0) is 13.0. The number of methoxy groups -OCH3 is 1. The van der Waals surface area contributed by atoms with Crippen LogP contribution >= 0.6 is 15.9 Å². The van der Waals surface area contributed by atoms with E-state index in [1.807, 2.05) is 12.1 Å². The molecule has 18 heavy (non-hydrogen) atoms. The molecule has 0 radical (unpaired) electrons. The van der Waals surface area contributed by atoms with Gasteiger partial charge in [0.2, 0.25) is 0 Å². The molecule has 1 unspecified atom stereocenters. The summed E-state index contributed by atoms with van der Waals surface area (Å²) in [5.41, 5.74) is 0. The van der Waals surface area contributed by atoms with E-state index in [1.54, 1.807) is 0 Å². The molecule has 0 N–H and O–H groups in total. The van der Waals surface area contributed by atoms with Gasteiger partial charge in [0, 0.05) is 13.1 Å². The highest BCUT2D eigenvalue weighted by molar-refractivity contribution is 9.10. The number of ether oxygens (including phenoxy) is 2. The Morgan fingerprint density at radius 2 is 2.44 bits per heavy atom. The fourth-order valence-electron chi connectivity index (χ4n) is 1.97. The molecule has 6 heteroatoms. The van der Waals surface area contributed by atoms with Crippen molar-refractivity contribution in [2.24, 2.45) is 0 Å². The maximum absolute atomic E-state index is 11.2. The van der Waals surface area contributed by atoms with E-state index in [2.05, 4.69) is 25.6 Å². The standard InChI is InChI=1S/C12H16BrNO4/c1-16-12(15)6-10-8-14(4-5-17-10)7-9-2-3-11(13)18-9/h2-3,10H,4-8H2,1H3. The Morgan fingerprint density at radius 3 is 3.11 bits per heavy atom. The van der Waals surface area contributed by atoms with Crippen molar-refractivity contribution in [1.82, 2.24) is 4.90 Å². The average Bonchev–Trinajstić information content (AvgIpc) is 2.75. The van der Waals surface area contributed by atoms with Crippen molar-refractivity contribution < 1.29 is 18.7 Å². The van der Waals surface area contributed by atoms with Gasteiger partial charge in [0.25, 0.3) is 0 Å². The highest BCUT2D eigenvalue weighted by Gasteiger charge is 2.23. The van der Waals surface area contributed by atoms with Crippen LogP contribution in [0.15, 0.2) is 21.2 Å². The number of hydrogen-bond acceptors (Lipinski definition) is 5. The third kappa shape index (κ3) is 3.83. The van der Waals surface area contributed by atoms with Gasteiger partial charge in [-0.25, -0.2) is 0 Å². The lowest BCUT2D eigenvalue weighted by Gasteiger charge is -2.31. The van der Waals surface area contributed by atoms with E-state index < -0.39 is 0 Å². The Kier molecular flexibility index (Phi) is 4.79. The number of carbonyl (C=O) groups excluding carboxylic acids is 1. The van der Waals surface area contributed by atoms with Crippen LogP contribution < -0.4 is 0 Å². The molecule has 1 fully saturated rings. The minimum atomic E-state index is -0.234. The summed E-state index contributed by atoms with van der Waals surface area (Å²) in [5.74, 6) is 0.670. The molecule has 100 valence electrons. The fourth-order valence-corrected chi connectivity index (χ4v) is 2.31. The van der Waals surface area contributed by atoms with Crippen LogP contribution in [0.25, 0.3) is 0 Å². The molecule has 0 bridgehead atoms. The largest absolute Gasteiger partial charge is 0.469 e. The van der Waals surface area contributed by atoms with Crippen LogP contribution in [0.2, 0.25) is 0 Å². The molecule has 2 rings (SSSR count). The lowest BCUT2D eigenvalue weighted by molar-refractivity contribution is -0.145. The van der Waals surface area contributed by atoms with Gasteiger partial charge in [-0.1, -0.05) is 0 Å². The first kappa shape index (κ1) is 13.6. The molecule has 1 atom stereocenters. The second-order valence-corrected chi connectivity index (χ2v) is 5.00. The molecule has 0 aliphatic carbocycles. The van der Waals surface area contributed by atoms with E-state index in [0.717, 1.165) is 23.5 Å². The molecule has 1 aromatic rings. The van der Waals surface area contributed by atoms with Gasteiger partial charge >= 0.3 is 5.97 Å². The Hall–Kier alpha value is -0.850. The zero-order valence-corrected chi connectivity index (χ0v) is 11.8. The maximum Gasteiger partial charge on any atom is 0.308 e. The highest BCUT2D eigenvalue weighted by atomic mass is 79.9. The van der Waals surface area contributed by atoms with Crippen molar-refractivity contribution in [3.63, 3.8) is 0 Å². The number of esters is 1. The molecule has 1 saturated heterocycles. The molecule has 2 heterocycles. The molecular weight excluding hydrogens is 302 g/mol.